The summed E-state index contributed by atoms with van der Waals surface area (Å²) in [6, 6.07) is 3.18. The van der Waals surface area contributed by atoms with E-state index in [2.05, 4.69) is 64.0 Å². The van der Waals surface area contributed by atoms with Gasteiger partial charge in [-0.05, 0) is 81.6 Å². The molecule has 5 heteroatoms. The van der Waals surface area contributed by atoms with Crippen molar-refractivity contribution in [2.24, 2.45) is 0 Å². The molecule has 0 aliphatic rings. The van der Waals surface area contributed by atoms with Crippen molar-refractivity contribution in [1.82, 2.24) is 10.2 Å². The molecular formula is C29H48N2O2S. The highest BCUT2D eigenvalue weighted by Gasteiger charge is 2.18. The highest BCUT2D eigenvalue weighted by atomic mass is 32.1. The summed E-state index contributed by atoms with van der Waals surface area (Å²) in [6.45, 7) is 22.5. The lowest BCUT2D eigenvalue weighted by molar-refractivity contribution is 0.443. The van der Waals surface area contributed by atoms with E-state index in [1.54, 1.807) is 6.07 Å². The summed E-state index contributed by atoms with van der Waals surface area (Å²) in [4.78, 5) is 1.99. The molecule has 0 fully saturated rings. The molecule has 3 N–H and O–H groups in total. The van der Waals surface area contributed by atoms with Crippen molar-refractivity contribution in [3.8, 4) is 11.5 Å². The van der Waals surface area contributed by atoms with Gasteiger partial charge in [-0.3, -0.25) is 0 Å². The normalized spacial score (nSPS) is 11.9. The minimum Gasteiger partial charge on any atom is -0.508 e. The van der Waals surface area contributed by atoms with Crippen LogP contribution < -0.4 is 5.32 Å². The first-order chi connectivity index (χ1) is 16.2. The molecule has 0 spiro atoms. The first-order valence-electron chi connectivity index (χ1n) is 12.1. The van der Waals surface area contributed by atoms with Crippen molar-refractivity contribution in [3.63, 3.8) is 0 Å². The maximum atomic E-state index is 10.4. The van der Waals surface area contributed by atoms with Crippen molar-refractivity contribution >= 4 is 18.3 Å². The minimum absolute atomic E-state index is 0.00711. The van der Waals surface area contributed by atoms with Gasteiger partial charge in [-0.15, -0.1) is 0 Å². The molecule has 0 heterocycles. The molecule has 1 aromatic carbocycles. The maximum Gasteiger partial charge on any atom is 0.128 e. The number of phenols is 2. The standard InChI is InChI=1S/C25H35NO2S.C2H7N.C2H6/c1-8-17(6)22(19(9-2)10-3)14-21(12-5)26(16-29)18(7)23-13-20(11-4)24(27)15-25(23)28;1-3-2;1-2/h8-9,13-15,27-29H,1,7,10-12,16H2,2-6H3;3H,1-2H3;1-2H3/b19-9-,21-14+,22-17+;;. The molecule has 192 valence electrons. The lowest BCUT2D eigenvalue weighted by atomic mass is 9.96. The Kier molecular flexibility index (Phi) is 18.9. The topological polar surface area (TPSA) is 55.7 Å². The molecule has 34 heavy (non-hydrogen) atoms. The molecule has 4 nitrogen and oxygen atoms in total. The van der Waals surface area contributed by atoms with Crippen molar-refractivity contribution in [2.45, 2.75) is 67.7 Å². The van der Waals surface area contributed by atoms with Gasteiger partial charge in [0.2, 0.25) is 0 Å². The third-order valence-corrected chi connectivity index (χ3v) is 5.47. The van der Waals surface area contributed by atoms with Crippen LogP contribution in [0.5, 0.6) is 11.5 Å². The summed E-state index contributed by atoms with van der Waals surface area (Å²) in [7, 11) is 3.75. The van der Waals surface area contributed by atoms with E-state index in [0.29, 0.717) is 23.6 Å². The number of allylic oxidation sites excluding steroid dienone is 7. The fraction of sp³-hybridized carbons (Fsp3) is 0.448. The number of aryl methyl sites for hydroxylation is 1. The van der Waals surface area contributed by atoms with Gasteiger partial charge in [0.05, 0.1) is 5.88 Å². The van der Waals surface area contributed by atoms with Crippen LogP contribution in [0.4, 0.5) is 0 Å². The molecule has 0 saturated carbocycles. The fourth-order valence-electron chi connectivity index (χ4n) is 3.29. The number of rotatable bonds is 10. The van der Waals surface area contributed by atoms with Gasteiger partial charge in [0.1, 0.15) is 11.5 Å². The van der Waals surface area contributed by atoms with Crippen molar-refractivity contribution < 1.29 is 10.2 Å². The number of phenolic OH excluding ortho intramolecular Hbond substituents is 2. The number of hydrogen-bond acceptors (Lipinski definition) is 5. The first-order valence-corrected chi connectivity index (χ1v) is 12.7. The van der Waals surface area contributed by atoms with Gasteiger partial charge < -0.3 is 20.4 Å². The Morgan fingerprint density at radius 2 is 1.65 bits per heavy atom. The predicted octanol–water partition coefficient (Wildman–Crippen LogP) is 7.83. The highest BCUT2D eigenvalue weighted by molar-refractivity contribution is 7.80. The monoisotopic (exact) mass is 488 g/mol. The largest absolute Gasteiger partial charge is 0.508 e. The highest BCUT2D eigenvalue weighted by Crippen LogP contribution is 2.36. The van der Waals surface area contributed by atoms with Gasteiger partial charge in [0, 0.05) is 23.0 Å². The van der Waals surface area contributed by atoms with E-state index in [-0.39, 0.29) is 11.5 Å². The van der Waals surface area contributed by atoms with Crippen molar-refractivity contribution in [3.05, 3.63) is 77.1 Å². The molecule has 0 bridgehead atoms. The predicted molar refractivity (Wildman–Crippen MR) is 156 cm³/mol. The van der Waals surface area contributed by atoms with E-state index in [1.807, 2.05) is 52.8 Å². The Labute approximate surface area is 214 Å². The molecule has 0 aliphatic carbocycles. The van der Waals surface area contributed by atoms with Crippen LogP contribution >= 0.6 is 12.6 Å². The molecule has 1 rings (SSSR count). The van der Waals surface area contributed by atoms with Gasteiger partial charge in [-0.1, -0.05) is 59.9 Å². The second-order valence-electron chi connectivity index (χ2n) is 7.33. The van der Waals surface area contributed by atoms with Crippen LogP contribution in [0, 0.1) is 0 Å². The lowest BCUT2D eigenvalue weighted by Crippen LogP contribution is -2.20. The van der Waals surface area contributed by atoms with E-state index in [9.17, 15) is 10.2 Å². The fourth-order valence-corrected chi connectivity index (χ4v) is 3.64. The Balaban J connectivity index is 0. The SMILES string of the molecule is C=C/C(C)=C(\C=C(/CC)N(CS)C(=C)c1cc(CC)c(O)cc1O)C(=C\C)/CC.CC.CNC. The molecule has 0 atom stereocenters. The van der Waals surface area contributed by atoms with Crippen LogP contribution in [0.3, 0.4) is 0 Å². The second kappa shape index (κ2) is 19.0. The van der Waals surface area contributed by atoms with E-state index in [0.717, 1.165) is 35.2 Å². The van der Waals surface area contributed by atoms with Crippen LogP contribution in [-0.2, 0) is 6.42 Å². The van der Waals surface area contributed by atoms with Crippen LogP contribution in [0.2, 0.25) is 0 Å². The summed E-state index contributed by atoms with van der Waals surface area (Å²) in [5.41, 5.74) is 6.56. The van der Waals surface area contributed by atoms with E-state index in [1.165, 1.54) is 11.6 Å². The van der Waals surface area contributed by atoms with Crippen LogP contribution in [0.25, 0.3) is 5.70 Å². The lowest BCUT2D eigenvalue weighted by Gasteiger charge is -2.29. The van der Waals surface area contributed by atoms with Crippen molar-refractivity contribution in [1.29, 1.82) is 0 Å². The number of aromatic hydroxyl groups is 2. The smallest absolute Gasteiger partial charge is 0.128 e. The molecule has 0 amide bonds. The van der Waals surface area contributed by atoms with Crippen LogP contribution in [-0.4, -0.2) is 35.1 Å². The summed E-state index contributed by atoms with van der Waals surface area (Å²) < 4.78 is 0. The van der Waals surface area contributed by atoms with E-state index in [4.69, 9.17) is 0 Å². The average Bonchev–Trinajstić information content (AvgIpc) is 2.84. The molecule has 0 radical (unpaired) electrons. The summed E-state index contributed by atoms with van der Waals surface area (Å²) >= 11 is 4.54. The second-order valence-corrected chi connectivity index (χ2v) is 7.61. The van der Waals surface area contributed by atoms with Gasteiger partial charge in [-0.25, -0.2) is 0 Å². The zero-order valence-electron chi connectivity index (χ0n) is 22.9. The average molecular weight is 489 g/mol. The Hall–Kier alpha value is -2.37. The molecule has 0 aromatic heterocycles. The zero-order chi connectivity index (χ0) is 26.8. The molecular weight excluding hydrogens is 440 g/mol. The summed E-state index contributed by atoms with van der Waals surface area (Å²) in [5.74, 6) is 0.517. The molecule has 0 saturated heterocycles. The zero-order valence-corrected chi connectivity index (χ0v) is 23.8. The van der Waals surface area contributed by atoms with Crippen molar-refractivity contribution in [2.75, 3.05) is 20.0 Å². The Bertz CT molecular complexity index is 867. The first kappa shape index (κ1) is 33.8. The molecule has 0 aliphatic heterocycles. The van der Waals surface area contributed by atoms with Gasteiger partial charge in [0.25, 0.3) is 0 Å². The molecule has 1 aromatic rings. The quantitative estimate of drug-likeness (QED) is 0.154. The Morgan fingerprint density at radius 3 is 2.03 bits per heavy atom. The molecule has 0 unspecified atom stereocenters. The van der Waals surface area contributed by atoms with E-state index < -0.39 is 0 Å². The maximum absolute atomic E-state index is 10.4. The van der Waals surface area contributed by atoms with Gasteiger partial charge >= 0.3 is 0 Å². The summed E-state index contributed by atoms with van der Waals surface area (Å²) in [6.07, 6.45) is 8.52. The number of thiol groups is 1. The van der Waals surface area contributed by atoms with Crippen LogP contribution in [0.1, 0.15) is 72.4 Å². The third kappa shape index (κ3) is 9.86. The summed E-state index contributed by atoms with van der Waals surface area (Å²) in [5, 5.41) is 23.2. The number of benzene rings is 1. The van der Waals surface area contributed by atoms with Gasteiger partial charge in [-0.2, -0.15) is 12.6 Å². The number of nitrogens with one attached hydrogen (secondary N) is 1. The third-order valence-electron chi connectivity index (χ3n) is 5.18. The minimum atomic E-state index is 0.00711. The van der Waals surface area contributed by atoms with Crippen LogP contribution in [0.15, 0.2) is 65.9 Å². The Morgan fingerprint density at radius 1 is 1.09 bits per heavy atom. The van der Waals surface area contributed by atoms with Gasteiger partial charge in [0.15, 0.2) is 0 Å². The number of hydrogen-bond donors (Lipinski definition) is 4. The van der Waals surface area contributed by atoms with E-state index >= 15 is 0 Å². The number of nitrogens with zero attached hydrogens (tertiary/aromatic N) is 1.